The second kappa shape index (κ2) is 12.1. The van der Waals surface area contributed by atoms with Crippen molar-refractivity contribution in [1.29, 1.82) is 0 Å². The minimum absolute atomic E-state index is 0.269. The van der Waals surface area contributed by atoms with Crippen molar-refractivity contribution in [3.05, 3.63) is 114 Å². The molecule has 0 radical (unpaired) electrons. The molecule has 4 aromatic carbocycles. The van der Waals surface area contributed by atoms with Gasteiger partial charge in [-0.3, -0.25) is 4.79 Å². The highest BCUT2D eigenvalue weighted by atomic mass is 16.5. The van der Waals surface area contributed by atoms with Gasteiger partial charge in [-0.25, -0.2) is 0 Å². The lowest BCUT2D eigenvalue weighted by Crippen LogP contribution is -2.07. The van der Waals surface area contributed by atoms with Gasteiger partial charge in [0.25, 0.3) is 0 Å². The number of hydrogen-bond acceptors (Lipinski definition) is 5. The molecule has 0 atom stereocenters. The van der Waals surface area contributed by atoms with Gasteiger partial charge in [0.05, 0.1) is 14.2 Å². The molecule has 0 aliphatic carbocycles. The third-order valence-corrected chi connectivity index (χ3v) is 5.24. The first kappa shape index (κ1) is 24.4. The molecule has 0 aromatic heterocycles. The van der Waals surface area contributed by atoms with Gasteiger partial charge >= 0.3 is 0 Å². The number of methoxy groups -OCH3 is 2. The number of hydrogen-bond donors (Lipinski definition) is 1. The van der Waals surface area contributed by atoms with Crippen LogP contribution in [0, 0.1) is 0 Å². The van der Waals surface area contributed by atoms with E-state index >= 15 is 0 Å². The summed E-state index contributed by atoms with van der Waals surface area (Å²) in [5, 5.41) is 2.84. The Bertz CT molecular complexity index is 1280. The normalized spacial score (nSPS) is 10.6. The number of para-hydroxylation sites is 1. The van der Waals surface area contributed by atoms with Gasteiger partial charge in [0, 0.05) is 11.8 Å². The van der Waals surface area contributed by atoms with E-state index in [9.17, 15) is 4.79 Å². The van der Waals surface area contributed by atoms with Gasteiger partial charge in [-0.1, -0.05) is 48.5 Å². The van der Waals surface area contributed by atoms with E-state index in [1.807, 2.05) is 60.7 Å². The highest BCUT2D eigenvalue weighted by molar-refractivity contribution is 6.02. The van der Waals surface area contributed by atoms with Crippen LogP contribution in [0.4, 0.5) is 5.69 Å². The SMILES string of the molecule is COc1cc(/C=C/C(=O)Nc2ccc(Oc3ccccc3)cc2)cc(OC)c1OCc1ccccc1. The van der Waals surface area contributed by atoms with Crippen LogP contribution >= 0.6 is 0 Å². The van der Waals surface area contributed by atoms with Crippen molar-refractivity contribution in [3.63, 3.8) is 0 Å². The van der Waals surface area contributed by atoms with Crippen LogP contribution in [0.2, 0.25) is 0 Å². The number of nitrogens with one attached hydrogen (secondary N) is 1. The van der Waals surface area contributed by atoms with Crippen molar-refractivity contribution >= 4 is 17.7 Å². The predicted molar refractivity (Wildman–Crippen MR) is 141 cm³/mol. The van der Waals surface area contributed by atoms with E-state index in [1.165, 1.54) is 6.08 Å². The molecule has 0 fully saturated rings. The number of rotatable bonds is 10. The summed E-state index contributed by atoms with van der Waals surface area (Å²) in [5.41, 5.74) is 2.42. The number of carbonyl (C=O) groups excluding carboxylic acids is 1. The quantitative estimate of drug-likeness (QED) is 0.255. The van der Waals surface area contributed by atoms with Crippen molar-refractivity contribution in [2.75, 3.05) is 19.5 Å². The van der Waals surface area contributed by atoms with Crippen LogP contribution in [0.3, 0.4) is 0 Å². The molecule has 0 saturated heterocycles. The predicted octanol–water partition coefficient (Wildman–Crippen LogP) is 6.73. The van der Waals surface area contributed by atoms with Crippen LogP contribution < -0.4 is 24.3 Å². The Balaban J connectivity index is 1.40. The molecule has 4 aromatic rings. The van der Waals surface area contributed by atoms with Gasteiger partial charge in [0.15, 0.2) is 11.5 Å². The Labute approximate surface area is 210 Å². The molecule has 182 valence electrons. The summed E-state index contributed by atoms with van der Waals surface area (Å²) in [5.74, 6) is 2.69. The lowest BCUT2D eigenvalue weighted by molar-refractivity contribution is -0.111. The van der Waals surface area contributed by atoms with Crippen molar-refractivity contribution in [2.45, 2.75) is 6.61 Å². The fourth-order valence-electron chi connectivity index (χ4n) is 3.46. The van der Waals surface area contributed by atoms with E-state index in [2.05, 4.69) is 5.32 Å². The van der Waals surface area contributed by atoms with E-state index in [4.69, 9.17) is 18.9 Å². The second-order valence-electron chi connectivity index (χ2n) is 7.79. The average Bonchev–Trinajstić information content (AvgIpc) is 2.92. The fraction of sp³-hybridized carbons (Fsp3) is 0.100. The smallest absolute Gasteiger partial charge is 0.248 e. The zero-order valence-electron chi connectivity index (χ0n) is 20.1. The first-order chi connectivity index (χ1) is 17.6. The molecule has 0 aliphatic rings. The molecule has 4 rings (SSSR count). The molecular formula is C30H27NO5. The van der Waals surface area contributed by atoms with Crippen molar-refractivity contribution < 1.29 is 23.7 Å². The maximum atomic E-state index is 12.5. The van der Waals surface area contributed by atoms with Crippen LogP contribution in [0.25, 0.3) is 6.08 Å². The van der Waals surface area contributed by atoms with Crippen molar-refractivity contribution in [3.8, 4) is 28.7 Å². The Morgan fingerprint density at radius 1 is 0.778 bits per heavy atom. The Hall–Kier alpha value is -4.71. The molecule has 0 spiro atoms. The van der Waals surface area contributed by atoms with E-state index in [0.29, 0.717) is 35.3 Å². The summed E-state index contributed by atoms with van der Waals surface area (Å²) in [6, 6.07) is 30.1. The molecule has 0 aliphatic heterocycles. The Kier molecular flexibility index (Phi) is 8.22. The summed E-state index contributed by atoms with van der Waals surface area (Å²) >= 11 is 0. The first-order valence-electron chi connectivity index (χ1n) is 11.4. The number of ether oxygens (including phenoxy) is 4. The summed E-state index contributed by atoms with van der Waals surface area (Å²) in [7, 11) is 3.13. The molecular weight excluding hydrogens is 454 g/mol. The molecule has 1 amide bonds. The number of amides is 1. The third-order valence-electron chi connectivity index (χ3n) is 5.24. The van der Waals surface area contributed by atoms with Gasteiger partial charge in [0.1, 0.15) is 18.1 Å². The molecule has 36 heavy (non-hydrogen) atoms. The standard InChI is InChI=1S/C30H27NO5/c1-33-27-19-23(20-28(34-2)30(27)35-21-22-9-5-3-6-10-22)13-18-29(32)31-24-14-16-26(17-15-24)36-25-11-7-4-8-12-25/h3-20H,21H2,1-2H3,(H,31,32)/b18-13+. The van der Waals surface area contributed by atoms with Gasteiger partial charge in [0.2, 0.25) is 11.7 Å². The van der Waals surface area contributed by atoms with Crippen LogP contribution in [0.15, 0.2) is 103 Å². The van der Waals surface area contributed by atoms with Gasteiger partial charge in [-0.2, -0.15) is 0 Å². The largest absolute Gasteiger partial charge is 0.493 e. The Morgan fingerprint density at radius 3 is 1.97 bits per heavy atom. The zero-order valence-corrected chi connectivity index (χ0v) is 20.1. The van der Waals surface area contributed by atoms with E-state index < -0.39 is 0 Å². The summed E-state index contributed by atoms with van der Waals surface area (Å²) in [4.78, 5) is 12.5. The molecule has 0 heterocycles. The second-order valence-corrected chi connectivity index (χ2v) is 7.79. The van der Waals surface area contributed by atoms with Crippen molar-refractivity contribution in [2.24, 2.45) is 0 Å². The monoisotopic (exact) mass is 481 g/mol. The van der Waals surface area contributed by atoms with E-state index in [1.54, 1.807) is 56.7 Å². The van der Waals surface area contributed by atoms with E-state index in [0.717, 1.165) is 16.9 Å². The Morgan fingerprint density at radius 2 is 1.36 bits per heavy atom. The number of carbonyl (C=O) groups is 1. The van der Waals surface area contributed by atoms with Gasteiger partial charge in [-0.15, -0.1) is 0 Å². The molecule has 1 N–H and O–H groups in total. The highest BCUT2D eigenvalue weighted by Gasteiger charge is 2.14. The summed E-state index contributed by atoms with van der Waals surface area (Å²) in [6.07, 6.45) is 3.14. The first-order valence-corrected chi connectivity index (χ1v) is 11.4. The molecule has 0 saturated carbocycles. The molecule has 0 unspecified atom stereocenters. The lowest BCUT2D eigenvalue weighted by atomic mass is 10.1. The minimum atomic E-state index is -0.269. The molecule has 0 bridgehead atoms. The maximum absolute atomic E-state index is 12.5. The minimum Gasteiger partial charge on any atom is -0.493 e. The topological polar surface area (TPSA) is 66.0 Å². The van der Waals surface area contributed by atoms with Crippen molar-refractivity contribution in [1.82, 2.24) is 0 Å². The average molecular weight is 482 g/mol. The van der Waals surface area contributed by atoms with Gasteiger partial charge < -0.3 is 24.3 Å². The summed E-state index contributed by atoms with van der Waals surface area (Å²) in [6.45, 7) is 0.375. The van der Waals surface area contributed by atoms with Gasteiger partial charge in [-0.05, 0) is 65.7 Å². The molecule has 6 nitrogen and oxygen atoms in total. The van der Waals surface area contributed by atoms with Crippen LogP contribution in [-0.2, 0) is 11.4 Å². The van der Waals surface area contributed by atoms with Crippen LogP contribution in [0.5, 0.6) is 28.7 Å². The van der Waals surface area contributed by atoms with Crippen LogP contribution in [0.1, 0.15) is 11.1 Å². The number of benzene rings is 4. The lowest BCUT2D eigenvalue weighted by Gasteiger charge is -2.15. The third kappa shape index (κ3) is 6.67. The fourth-order valence-corrected chi connectivity index (χ4v) is 3.46. The highest BCUT2D eigenvalue weighted by Crippen LogP contribution is 2.39. The summed E-state index contributed by atoms with van der Waals surface area (Å²) < 4.78 is 22.8. The maximum Gasteiger partial charge on any atom is 0.248 e. The zero-order chi connectivity index (χ0) is 25.2. The number of anilines is 1. The van der Waals surface area contributed by atoms with Crippen LogP contribution in [-0.4, -0.2) is 20.1 Å². The molecule has 6 heteroatoms. The van der Waals surface area contributed by atoms with E-state index in [-0.39, 0.29) is 5.91 Å².